The third kappa shape index (κ3) is 4.99. The Labute approximate surface area is 189 Å². The average Bonchev–Trinajstić information content (AvgIpc) is 3.13. The van der Waals surface area contributed by atoms with Crippen LogP contribution in [0.2, 0.25) is 5.02 Å². The van der Waals surface area contributed by atoms with Gasteiger partial charge < -0.3 is 20.3 Å². The second-order valence-corrected chi connectivity index (χ2v) is 9.55. The zero-order valence-corrected chi connectivity index (χ0v) is 18.5. The summed E-state index contributed by atoms with van der Waals surface area (Å²) in [5.74, 6) is 1.37. The van der Waals surface area contributed by atoms with Gasteiger partial charge in [0.1, 0.15) is 11.9 Å². The van der Waals surface area contributed by atoms with Gasteiger partial charge in [-0.1, -0.05) is 23.7 Å². The highest BCUT2D eigenvalue weighted by atomic mass is 35.5. The zero-order valence-electron chi connectivity index (χ0n) is 17.7. The third-order valence-electron chi connectivity index (χ3n) is 6.96. The Kier molecular flexibility index (Phi) is 6.06. The van der Waals surface area contributed by atoms with E-state index in [0.29, 0.717) is 24.1 Å². The molecule has 2 N–H and O–H groups in total. The van der Waals surface area contributed by atoms with Gasteiger partial charge in [0.05, 0.1) is 0 Å². The van der Waals surface area contributed by atoms with Crippen molar-refractivity contribution in [3.8, 4) is 5.75 Å². The van der Waals surface area contributed by atoms with E-state index in [4.69, 9.17) is 16.3 Å². The molecule has 2 aromatic rings. The van der Waals surface area contributed by atoms with Crippen molar-refractivity contribution in [2.75, 3.05) is 18.4 Å². The lowest BCUT2D eigenvalue weighted by molar-refractivity contribution is 0.137. The summed E-state index contributed by atoms with van der Waals surface area (Å²) in [7, 11) is 0. The number of benzene rings is 2. The predicted octanol–water partition coefficient (Wildman–Crippen LogP) is 5.41. The average molecular weight is 440 g/mol. The Bertz CT molecular complexity index is 882. The first-order valence-corrected chi connectivity index (χ1v) is 11.8. The van der Waals surface area contributed by atoms with Crippen LogP contribution in [0.4, 0.5) is 10.5 Å². The number of ether oxygens (including phenoxy) is 1. The van der Waals surface area contributed by atoms with Crippen molar-refractivity contribution in [2.45, 2.75) is 62.6 Å². The number of carbonyl (C=O) groups is 1. The summed E-state index contributed by atoms with van der Waals surface area (Å²) in [4.78, 5) is 14.6. The summed E-state index contributed by atoms with van der Waals surface area (Å²) in [5.41, 5.74) is 2.12. The highest BCUT2D eigenvalue weighted by molar-refractivity contribution is 6.30. The van der Waals surface area contributed by atoms with E-state index in [2.05, 4.69) is 22.8 Å². The van der Waals surface area contributed by atoms with E-state index in [1.807, 2.05) is 41.3 Å². The molecule has 3 saturated heterocycles. The lowest BCUT2D eigenvalue weighted by atomic mass is 9.89. The van der Waals surface area contributed by atoms with E-state index in [-0.39, 0.29) is 6.03 Å². The Morgan fingerprint density at radius 1 is 0.935 bits per heavy atom. The number of anilines is 1. The molecule has 2 aromatic carbocycles. The van der Waals surface area contributed by atoms with Gasteiger partial charge in [-0.15, -0.1) is 0 Å². The zero-order chi connectivity index (χ0) is 21.2. The molecule has 2 bridgehead atoms. The predicted molar refractivity (Wildman–Crippen MR) is 124 cm³/mol. The van der Waals surface area contributed by atoms with Gasteiger partial charge in [0.2, 0.25) is 0 Å². The molecule has 0 aromatic heterocycles. The van der Waals surface area contributed by atoms with Crippen molar-refractivity contribution >= 4 is 23.3 Å². The van der Waals surface area contributed by atoms with Crippen LogP contribution in [0.1, 0.15) is 50.0 Å². The molecule has 5 rings (SSSR count). The number of nitrogens with one attached hydrogen (secondary N) is 2. The van der Waals surface area contributed by atoms with Crippen LogP contribution in [0.15, 0.2) is 48.5 Å². The molecule has 0 aliphatic carbocycles. The number of urea groups is 1. The number of rotatable bonds is 4. The normalized spacial score (nSPS) is 26.0. The van der Waals surface area contributed by atoms with E-state index < -0.39 is 0 Å². The minimum atomic E-state index is -0.0295. The lowest BCUT2D eigenvalue weighted by Gasteiger charge is -2.32. The fraction of sp³-hybridized carbons (Fsp3) is 0.480. The largest absolute Gasteiger partial charge is 0.490 e. The van der Waals surface area contributed by atoms with E-state index in [0.717, 1.165) is 55.2 Å². The van der Waals surface area contributed by atoms with Crippen molar-refractivity contribution in [3.05, 3.63) is 59.1 Å². The first-order valence-electron chi connectivity index (χ1n) is 11.5. The topological polar surface area (TPSA) is 53.6 Å². The minimum absolute atomic E-state index is 0.0295. The van der Waals surface area contributed by atoms with Crippen LogP contribution >= 0.6 is 11.6 Å². The smallest absolute Gasteiger partial charge is 0.321 e. The molecular weight excluding hydrogens is 410 g/mol. The molecule has 0 radical (unpaired) electrons. The lowest BCUT2D eigenvalue weighted by Crippen LogP contribution is -2.42. The number of amides is 2. The molecule has 0 saturated carbocycles. The van der Waals surface area contributed by atoms with Crippen LogP contribution in [0.5, 0.6) is 5.75 Å². The van der Waals surface area contributed by atoms with Crippen molar-refractivity contribution in [3.63, 3.8) is 0 Å². The van der Waals surface area contributed by atoms with Gasteiger partial charge in [0, 0.05) is 35.9 Å². The number of carbonyl (C=O) groups excluding carboxylic acids is 1. The molecule has 3 fully saturated rings. The highest BCUT2D eigenvalue weighted by Gasteiger charge is 2.34. The number of piperidine rings is 2. The van der Waals surface area contributed by atoms with E-state index in [1.54, 1.807) is 0 Å². The van der Waals surface area contributed by atoms with Crippen LogP contribution in [-0.4, -0.2) is 42.2 Å². The molecule has 6 heteroatoms. The van der Waals surface area contributed by atoms with Gasteiger partial charge in [0.25, 0.3) is 0 Å². The molecule has 3 heterocycles. The Morgan fingerprint density at radius 3 is 2.23 bits per heavy atom. The molecule has 5 nitrogen and oxygen atoms in total. The highest BCUT2D eigenvalue weighted by Crippen LogP contribution is 2.31. The number of hydrogen-bond donors (Lipinski definition) is 2. The Balaban J connectivity index is 1.10. The number of likely N-dealkylation sites (tertiary alicyclic amines) is 1. The summed E-state index contributed by atoms with van der Waals surface area (Å²) in [6.07, 6.45) is 6.95. The summed E-state index contributed by atoms with van der Waals surface area (Å²) in [6.45, 7) is 1.52. The monoisotopic (exact) mass is 439 g/mol. The van der Waals surface area contributed by atoms with E-state index in [9.17, 15) is 4.79 Å². The number of nitrogens with zero attached hydrogens (tertiary/aromatic N) is 1. The maximum Gasteiger partial charge on any atom is 0.321 e. The molecule has 2 amide bonds. The Morgan fingerprint density at radius 2 is 1.58 bits per heavy atom. The molecule has 31 heavy (non-hydrogen) atoms. The second kappa shape index (κ2) is 9.09. The molecule has 164 valence electrons. The van der Waals surface area contributed by atoms with Crippen LogP contribution in [-0.2, 0) is 0 Å². The summed E-state index contributed by atoms with van der Waals surface area (Å²) < 4.78 is 6.20. The quantitative estimate of drug-likeness (QED) is 0.669. The number of halogens is 1. The van der Waals surface area contributed by atoms with Gasteiger partial charge >= 0.3 is 6.03 Å². The Hall–Kier alpha value is -2.24. The number of fused-ring (bicyclic) bond motifs is 2. The maximum atomic E-state index is 12.7. The van der Waals surface area contributed by atoms with Crippen molar-refractivity contribution < 1.29 is 9.53 Å². The van der Waals surface area contributed by atoms with Crippen LogP contribution in [0.3, 0.4) is 0 Å². The molecule has 0 spiro atoms. The van der Waals surface area contributed by atoms with Crippen LogP contribution in [0, 0.1) is 0 Å². The standard InChI is InChI=1S/C25H30ClN3O2/c26-19-3-1-17(2-4-19)18-11-13-29(14-12-18)25(30)28-20-7-9-23(10-8-20)31-24-15-21-5-6-22(16-24)27-21/h1-4,7-10,18,21-22,24,27H,5-6,11-16H2,(H,28,30)/t21-,22+,24+. The van der Waals surface area contributed by atoms with Gasteiger partial charge in [-0.05, 0) is 86.4 Å². The summed E-state index contributed by atoms with van der Waals surface area (Å²) in [5, 5.41) is 7.44. The van der Waals surface area contributed by atoms with E-state index >= 15 is 0 Å². The van der Waals surface area contributed by atoms with Crippen molar-refractivity contribution in [1.82, 2.24) is 10.2 Å². The fourth-order valence-corrected chi connectivity index (χ4v) is 5.39. The van der Waals surface area contributed by atoms with Crippen molar-refractivity contribution in [1.29, 1.82) is 0 Å². The van der Waals surface area contributed by atoms with Crippen molar-refractivity contribution in [2.24, 2.45) is 0 Å². The maximum absolute atomic E-state index is 12.7. The SMILES string of the molecule is O=C(Nc1ccc(O[C@H]2C[C@H]3CC[C@@H](C2)N3)cc1)N1CCC(c2ccc(Cl)cc2)CC1. The molecular formula is C25H30ClN3O2. The minimum Gasteiger partial charge on any atom is -0.490 e. The third-order valence-corrected chi connectivity index (χ3v) is 7.21. The number of hydrogen-bond acceptors (Lipinski definition) is 3. The summed E-state index contributed by atoms with van der Waals surface area (Å²) in [6, 6.07) is 17.1. The van der Waals surface area contributed by atoms with Gasteiger partial charge in [-0.2, -0.15) is 0 Å². The molecule has 0 unspecified atom stereocenters. The first kappa shape index (κ1) is 20.7. The van der Waals surface area contributed by atoms with Crippen LogP contribution in [0.25, 0.3) is 0 Å². The van der Waals surface area contributed by atoms with Gasteiger partial charge in [-0.25, -0.2) is 4.79 Å². The summed E-state index contributed by atoms with van der Waals surface area (Å²) >= 11 is 5.99. The van der Waals surface area contributed by atoms with E-state index in [1.165, 1.54) is 18.4 Å². The van der Waals surface area contributed by atoms with Gasteiger partial charge in [0.15, 0.2) is 0 Å². The first-order chi connectivity index (χ1) is 15.1. The molecule has 3 atom stereocenters. The fourth-order valence-electron chi connectivity index (χ4n) is 5.26. The second-order valence-electron chi connectivity index (χ2n) is 9.12. The molecule has 3 aliphatic heterocycles. The molecule has 3 aliphatic rings. The van der Waals surface area contributed by atoms with Crippen LogP contribution < -0.4 is 15.4 Å². The van der Waals surface area contributed by atoms with Gasteiger partial charge in [-0.3, -0.25) is 0 Å².